The zero-order valence-corrected chi connectivity index (χ0v) is 13.5. The first-order valence-corrected chi connectivity index (χ1v) is 8.85. The zero-order chi connectivity index (χ0) is 15.1. The van der Waals surface area contributed by atoms with Crippen molar-refractivity contribution >= 4 is 34.8 Å². The molecular weight excluding hydrogens is 304 g/mol. The van der Waals surface area contributed by atoms with Gasteiger partial charge in [0.25, 0.3) is 0 Å². The van der Waals surface area contributed by atoms with Gasteiger partial charge in [0.1, 0.15) is 5.01 Å². The summed E-state index contributed by atoms with van der Waals surface area (Å²) in [5.41, 5.74) is 2.03. The minimum absolute atomic E-state index is 0.161. The molecule has 0 saturated heterocycles. The van der Waals surface area contributed by atoms with Gasteiger partial charge in [0.15, 0.2) is 0 Å². The molecule has 0 unspecified atom stereocenters. The molecule has 112 valence electrons. The maximum atomic E-state index is 10.6. The lowest BCUT2D eigenvalue weighted by atomic mass is 10.1. The third-order valence-corrected chi connectivity index (χ3v) is 4.67. The number of nitrogens with one attached hydrogen (secondary N) is 1. The Morgan fingerprint density at radius 1 is 1.48 bits per heavy atom. The van der Waals surface area contributed by atoms with Gasteiger partial charge in [0.05, 0.1) is 6.54 Å². The molecule has 0 spiro atoms. The number of aryl methyl sites for hydroxylation is 1. The van der Waals surface area contributed by atoms with Crippen molar-refractivity contribution in [1.29, 1.82) is 0 Å². The van der Waals surface area contributed by atoms with E-state index in [-0.39, 0.29) is 6.42 Å². The van der Waals surface area contributed by atoms with Gasteiger partial charge >= 0.3 is 5.97 Å². The van der Waals surface area contributed by atoms with E-state index in [2.05, 4.69) is 16.6 Å². The topological polar surface area (TPSA) is 62.2 Å². The van der Waals surface area contributed by atoms with Crippen LogP contribution in [0.3, 0.4) is 0 Å². The summed E-state index contributed by atoms with van der Waals surface area (Å²) in [5.74, 6) is 0.236. The molecule has 0 bridgehead atoms. The molecule has 0 aliphatic heterocycles. The van der Waals surface area contributed by atoms with Crippen LogP contribution in [0.1, 0.15) is 21.9 Å². The molecule has 21 heavy (non-hydrogen) atoms. The maximum absolute atomic E-state index is 10.6. The number of carbonyl (C=O) groups is 1. The fourth-order valence-electron chi connectivity index (χ4n) is 1.90. The molecular formula is C15H18N2O2S2. The second-order valence-corrected chi connectivity index (χ2v) is 6.67. The molecule has 0 amide bonds. The molecule has 2 rings (SSSR count). The Balaban J connectivity index is 1.89. The number of anilines is 1. The first kappa shape index (κ1) is 15.9. The average molecular weight is 322 g/mol. The average Bonchev–Trinajstić information content (AvgIpc) is 2.92. The second kappa shape index (κ2) is 8.05. The Kier molecular flexibility index (Phi) is 6.07. The van der Waals surface area contributed by atoms with Crippen LogP contribution in [-0.4, -0.2) is 22.3 Å². The highest BCUT2D eigenvalue weighted by Crippen LogP contribution is 2.19. The Morgan fingerprint density at radius 3 is 3.10 bits per heavy atom. The third kappa shape index (κ3) is 5.40. The SMILES string of the molecule is CSCc1cnc(CNc2cccc(CCC(=O)O)c2)s1. The molecule has 4 nitrogen and oxygen atoms in total. The highest BCUT2D eigenvalue weighted by atomic mass is 32.2. The number of thiazole rings is 1. The van der Waals surface area contributed by atoms with Crippen molar-refractivity contribution in [2.24, 2.45) is 0 Å². The summed E-state index contributed by atoms with van der Waals surface area (Å²) in [4.78, 5) is 16.3. The number of rotatable bonds is 8. The lowest BCUT2D eigenvalue weighted by molar-refractivity contribution is -0.136. The second-order valence-electron chi connectivity index (χ2n) is 4.60. The van der Waals surface area contributed by atoms with Crippen LogP contribution < -0.4 is 5.32 Å². The van der Waals surface area contributed by atoms with Crippen LogP contribution in [0, 0.1) is 0 Å². The van der Waals surface area contributed by atoms with Gasteiger partial charge < -0.3 is 10.4 Å². The van der Waals surface area contributed by atoms with E-state index < -0.39 is 5.97 Å². The van der Waals surface area contributed by atoms with Gasteiger partial charge in [-0.1, -0.05) is 12.1 Å². The number of thioether (sulfide) groups is 1. The summed E-state index contributed by atoms with van der Waals surface area (Å²) < 4.78 is 0. The molecule has 0 saturated carbocycles. The molecule has 0 atom stereocenters. The number of aromatic nitrogens is 1. The molecule has 2 N–H and O–H groups in total. The summed E-state index contributed by atoms with van der Waals surface area (Å²) in [6.07, 6.45) is 4.73. The third-order valence-electron chi connectivity index (χ3n) is 2.89. The molecule has 0 fully saturated rings. The van der Waals surface area contributed by atoms with Gasteiger partial charge in [-0.25, -0.2) is 4.98 Å². The van der Waals surface area contributed by atoms with Gasteiger partial charge in [-0.3, -0.25) is 4.79 Å². The van der Waals surface area contributed by atoms with Gasteiger partial charge in [0, 0.05) is 28.9 Å². The molecule has 6 heteroatoms. The van der Waals surface area contributed by atoms with Crippen molar-refractivity contribution in [1.82, 2.24) is 4.98 Å². The van der Waals surface area contributed by atoms with Gasteiger partial charge in [0.2, 0.25) is 0 Å². The van der Waals surface area contributed by atoms with Crippen molar-refractivity contribution in [2.75, 3.05) is 11.6 Å². The maximum Gasteiger partial charge on any atom is 0.303 e. The van der Waals surface area contributed by atoms with Gasteiger partial charge in [-0.2, -0.15) is 11.8 Å². The predicted molar refractivity (Wildman–Crippen MR) is 89.1 cm³/mol. The van der Waals surface area contributed by atoms with E-state index >= 15 is 0 Å². The number of carboxylic acid groups (broad SMARTS) is 1. The summed E-state index contributed by atoms with van der Waals surface area (Å²) in [5, 5.41) is 13.1. The number of hydrogen-bond donors (Lipinski definition) is 2. The number of aliphatic carboxylic acids is 1. The summed E-state index contributed by atoms with van der Waals surface area (Å²) in [6, 6.07) is 7.88. The first-order chi connectivity index (χ1) is 10.2. The fourth-order valence-corrected chi connectivity index (χ4v) is 3.51. The number of nitrogens with zero attached hydrogens (tertiary/aromatic N) is 1. The Hall–Kier alpha value is -1.53. The minimum atomic E-state index is -0.766. The van der Waals surface area contributed by atoms with Crippen LogP contribution in [0.15, 0.2) is 30.5 Å². The number of carboxylic acids is 1. The molecule has 0 radical (unpaired) electrons. The van der Waals surface area contributed by atoms with E-state index in [0.29, 0.717) is 13.0 Å². The van der Waals surface area contributed by atoms with E-state index in [1.807, 2.05) is 30.5 Å². The van der Waals surface area contributed by atoms with Crippen molar-refractivity contribution in [3.8, 4) is 0 Å². The van der Waals surface area contributed by atoms with Crippen LogP contribution >= 0.6 is 23.1 Å². The van der Waals surface area contributed by atoms with Crippen molar-refractivity contribution in [3.63, 3.8) is 0 Å². The van der Waals surface area contributed by atoms with Crippen LogP contribution in [0.2, 0.25) is 0 Å². The monoisotopic (exact) mass is 322 g/mol. The number of hydrogen-bond acceptors (Lipinski definition) is 5. The first-order valence-electron chi connectivity index (χ1n) is 6.64. The van der Waals surface area contributed by atoms with Crippen LogP contribution in [0.25, 0.3) is 0 Å². The summed E-state index contributed by atoms with van der Waals surface area (Å²) in [6.45, 7) is 0.696. The molecule has 2 aromatic rings. The normalized spacial score (nSPS) is 10.5. The molecule has 0 aliphatic carbocycles. The van der Waals surface area contributed by atoms with E-state index in [9.17, 15) is 4.79 Å². The summed E-state index contributed by atoms with van der Waals surface area (Å²) in [7, 11) is 0. The quantitative estimate of drug-likeness (QED) is 0.777. The van der Waals surface area contributed by atoms with Crippen molar-refractivity contribution < 1.29 is 9.90 Å². The molecule has 0 aliphatic rings. The van der Waals surface area contributed by atoms with Gasteiger partial charge in [-0.15, -0.1) is 11.3 Å². The summed E-state index contributed by atoms with van der Waals surface area (Å²) >= 11 is 3.52. The van der Waals surface area contributed by atoms with Crippen molar-refractivity contribution in [2.45, 2.75) is 25.1 Å². The van der Waals surface area contributed by atoms with Crippen LogP contribution in [-0.2, 0) is 23.5 Å². The molecule has 1 aromatic carbocycles. The Morgan fingerprint density at radius 2 is 2.33 bits per heavy atom. The van der Waals surface area contributed by atoms with E-state index in [0.717, 1.165) is 22.0 Å². The molecule has 1 heterocycles. The van der Waals surface area contributed by atoms with E-state index in [1.165, 1.54) is 4.88 Å². The minimum Gasteiger partial charge on any atom is -0.481 e. The lowest BCUT2D eigenvalue weighted by Gasteiger charge is -2.06. The van der Waals surface area contributed by atoms with Crippen LogP contribution in [0.5, 0.6) is 0 Å². The predicted octanol–water partition coefficient (Wildman–Crippen LogP) is 3.64. The van der Waals surface area contributed by atoms with Crippen molar-refractivity contribution in [3.05, 3.63) is 45.9 Å². The van der Waals surface area contributed by atoms with E-state index in [4.69, 9.17) is 5.11 Å². The smallest absolute Gasteiger partial charge is 0.303 e. The fraction of sp³-hybridized carbons (Fsp3) is 0.333. The lowest BCUT2D eigenvalue weighted by Crippen LogP contribution is -2.01. The number of benzene rings is 1. The Labute approximate surface area is 132 Å². The van der Waals surface area contributed by atoms with Crippen LogP contribution in [0.4, 0.5) is 5.69 Å². The highest BCUT2D eigenvalue weighted by Gasteiger charge is 2.03. The molecule has 1 aromatic heterocycles. The highest BCUT2D eigenvalue weighted by molar-refractivity contribution is 7.97. The standard InChI is InChI=1S/C15H18N2O2S2/c1-20-10-13-8-17-14(21-13)9-16-12-4-2-3-11(7-12)5-6-15(18)19/h2-4,7-8,16H,5-6,9-10H2,1H3,(H,18,19). The Bertz CT molecular complexity index is 599. The largest absolute Gasteiger partial charge is 0.481 e. The van der Waals surface area contributed by atoms with E-state index in [1.54, 1.807) is 23.1 Å². The zero-order valence-electron chi connectivity index (χ0n) is 11.8. The van der Waals surface area contributed by atoms with Gasteiger partial charge in [-0.05, 0) is 30.4 Å².